The summed E-state index contributed by atoms with van der Waals surface area (Å²) < 4.78 is 0.805. The third kappa shape index (κ3) is 2.98. The number of benzene rings is 1. The topological polar surface area (TPSA) is 55.0 Å². The molecule has 0 radical (unpaired) electrons. The summed E-state index contributed by atoms with van der Waals surface area (Å²) in [5.41, 5.74) is 6.58. The number of anilines is 3. The smallest absolute Gasteiger partial charge is 0.222 e. The van der Waals surface area contributed by atoms with Crippen LogP contribution in [0.25, 0.3) is 0 Å². The summed E-state index contributed by atoms with van der Waals surface area (Å²) >= 11 is 8.06. The van der Waals surface area contributed by atoms with E-state index in [1.807, 2.05) is 42.3 Å². The Bertz CT molecular complexity index is 526. The zero-order valence-electron chi connectivity index (χ0n) is 9.06. The minimum absolute atomic E-state index is 0.265. The van der Waals surface area contributed by atoms with Gasteiger partial charge in [0.25, 0.3) is 0 Å². The van der Waals surface area contributed by atoms with E-state index in [9.17, 15) is 0 Å². The van der Waals surface area contributed by atoms with Gasteiger partial charge in [0.15, 0.2) is 0 Å². The van der Waals surface area contributed by atoms with Crippen LogP contribution in [0.1, 0.15) is 0 Å². The molecule has 0 spiro atoms. The Morgan fingerprint density at radius 3 is 2.71 bits per heavy atom. The Morgan fingerprint density at radius 2 is 2.06 bits per heavy atom. The van der Waals surface area contributed by atoms with Crippen molar-refractivity contribution in [3.63, 3.8) is 0 Å². The fourth-order valence-electron chi connectivity index (χ4n) is 1.41. The van der Waals surface area contributed by atoms with E-state index in [-0.39, 0.29) is 5.95 Å². The van der Waals surface area contributed by atoms with Gasteiger partial charge in [-0.25, -0.2) is 4.98 Å². The van der Waals surface area contributed by atoms with Crippen LogP contribution in [0.4, 0.5) is 17.5 Å². The monoisotopic (exact) mass is 360 g/mol. The Morgan fingerprint density at radius 1 is 1.29 bits per heavy atom. The molecule has 0 amide bonds. The lowest BCUT2D eigenvalue weighted by Crippen LogP contribution is -2.13. The minimum Gasteiger partial charge on any atom is -0.368 e. The molecule has 17 heavy (non-hydrogen) atoms. The van der Waals surface area contributed by atoms with Crippen LogP contribution in [-0.4, -0.2) is 17.0 Å². The summed E-state index contributed by atoms with van der Waals surface area (Å²) in [6.07, 6.45) is 0. The van der Waals surface area contributed by atoms with Crippen LogP contribution >= 0.6 is 34.2 Å². The average molecular weight is 361 g/mol. The fourth-order valence-corrected chi connectivity index (χ4v) is 2.12. The van der Waals surface area contributed by atoms with Crippen LogP contribution in [-0.2, 0) is 0 Å². The number of halogens is 2. The minimum atomic E-state index is 0.265. The van der Waals surface area contributed by atoms with Crippen molar-refractivity contribution in [2.45, 2.75) is 0 Å². The molecule has 0 saturated heterocycles. The van der Waals surface area contributed by atoms with Crippen LogP contribution in [0.15, 0.2) is 30.3 Å². The van der Waals surface area contributed by atoms with Crippen molar-refractivity contribution in [3.05, 3.63) is 39.1 Å². The van der Waals surface area contributed by atoms with Gasteiger partial charge < -0.3 is 10.6 Å². The van der Waals surface area contributed by atoms with E-state index in [4.69, 9.17) is 17.3 Å². The molecule has 1 aromatic carbocycles. The summed E-state index contributed by atoms with van der Waals surface area (Å²) in [6.45, 7) is 0. The van der Waals surface area contributed by atoms with E-state index in [1.165, 1.54) is 0 Å². The first kappa shape index (κ1) is 12.4. The maximum absolute atomic E-state index is 5.95. The normalized spacial score (nSPS) is 10.3. The number of aromatic nitrogens is 2. The molecule has 0 bridgehead atoms. The van der Waals surface area contributed by atoms with Gasteiger partial charge in [0.05, 0.1) is 0 Å². The number of nitrogens with zero attached hydrogens (tertiary/aromatic N) is 3. The molecule has 0 saturated carbocycles. The quantitative estimate of drug-likeness (QED) is 0.660. The van der Waals surface area contributed by atoms with Crippen LogP contribution in [0.2, 0.25) is 5.02 Å². The highest BCUT2D eigenvalue weighted by Crippen LogP contribution is 2.25. The summed E-state index contributed by atoms with van der Waals surface area (Å²) in [7, 11) is 1.91. The number of nitrogens with two attached hydrogens (primary N) is 1. The number of rotatable bonds is 2. The second kappa shape index (κ2) is 5.05. The second-order valence-corrected chi connectivity index (χ2v) is 4.99. The molecule has 88 valence electrons. The van der Waals surface area contributed by atoms with Crippen molar-refractivity contribution < 1.29 is 0 Å². The SMILES string of the molecule is CN(c1cccc(Cl)c1)c1cc(I)nc(N)n1. The molecule has 6 heteroatoms. The van der Waals surface area contributed by atoms with E-state index in [0.29, 0.717) is 5.02 Å². The Hall–Kier alpha value is -1.08. The van der Waals surface area contributed by atoms with Gasteiger partial charge in [0, 0.05) is 23.8 Å². The lowest BCUT2D eigenvalue weighted by atomic mass is 10.3. The maximum Gasteiger partial charge on any atom is 0.222 e. The third-order valence-electron chi connectivity index (χ3n) is 2.24. The van der Waals surface area contributed by atoms with Gasteiger partial charge in [-0.1, -0.05) is 17.7 Å². The molecule has 0 aliphatic rings. The van der Waals surface area contributed by atoms with Crippen molar-refractivity contribution in [1.82, 2.24) is 9.97 Å². The lowest BCUT2D eigenvalue weighted by molar-refractivity contribution is 1.08. The third-order valence-corrected chi connectivity index (χ3v) is 3.03. The first-order valence-electron chi connectivity index (χ1n) is 4.85. The first-order chi connectivity index (χ1) is 8.06. The van der Waals surface area contributed by atoms with E-state index in [2.05, 4.69) is 32.6 Å². The van der Waals surface area contributed by atoms with Crippen molar-refractivity contribution in [2.75, 3.05) is 17.7 Å². The van der Waals surface area contributed by atoms with Crippen molar-refractivity contribution in [1.29, 1.82) is 0 Å². The molecule has 2 rings (SSSR count). The van der Waals surface area contributed by atoms with Crippen molar-refractivity contribution in [3.8, 4) is 0 Å². The zero-order valence-corrected chi connectivity index (χ0v) is 12.0. The lowest BCUT2D eigenvalue weighted by Gasteiger charge is -2.18. The predicted octanol–water partition coefficient (Wildman–Crippen LogP) is 3.08. The van der Waals surface area contributed by atoms with E-state index in [1.54, 1.807) is 0 Å². The number of hydrogen-bond acceptors (Lipinski definition) is 4. The standard InChI is InChI=1S/C11H10ClIN4/c1-17(8-4-2-3-7(12)5-8)10-6-9(13)15-11(14)16-10/h2-6H,1H3,(H2,14,15,16). The number of nitrogen functional groups attached to an aromatic ring is 1. The molecular formula is C11H10ClIN4. The summed E-state index contributed by atoms with van der Waals surface area (Å²) in [5, 5.41) is 0.686. The largest absolute Gasteiger partial charge is 0.368 e. The van der Waals surface area contributed by atoms with Gasteiger partial charge in [-0.15, -0.1) is 0 Å². The van der Waals surface area contributed by atoms with Crippen molar-refractivity contribution >= 4 is 51.6 Å². The molecule has 2 aromatic rings. The van der Waals surface area contributed by atoms with Gasteiger partial charge in [-0.3, -0.25) is 0 Å². The van der Waals surface area contributed by atoms with Gasteiger partial charge in [-0.05, 0) is 40.8 Å². The molecule has 1 aromatic heterocycles. The highest BCUT2D eigenvalue weighted by atomic mass is 127. The van der Waals surface area contributed by atoms with Crippen LogP contribution in [0, 0.1) is 3.70 Å². The summed E-state index contributed by atoms with van der Waals surface area (Å²) in [6, 6.07) is 9.41. The molecule has 1 heterocycles. The van der Waals surface area contributed by atoms with Crippen LogP contribution in [0.5, 0.6) is 0 Å². The fraction of sp³-hybridized carbons (Fsp3) is 0.0909. The summed E-state index contributed by atoms with van der Waals surface area (Å²) in [5.74, 6) is 1.00. The molecule has 0 aliphatic heterocycles. The second-order valence-electron chi connectivity index (χ2n) is 3.45. The van der Waals surface area contributed by atoms with Gasteiger partial charge in [0.2, 0.25) is 5.95 Å². The first-order valence-corrected chi connectivity index (χ1v) is 6.31. The average Bonchev–Trinajstić information content (AvgIpc) is 2.26. The van der Waals surface area contributed by atoms with Gasteiger partial charge in [0.1, 0.15) is 9.52 Å². The molecular weight excluding hydrogens is 351 g/mol. The Kier molecular flexibility index (Phi) is 3.68. The molecule has 0 aliphatic carbocycles. The molecule has 2 N–H and O–H groups in total. The Labute approximate surface area is 118 Å². The highest BCUT2D eigenvalue weighted by molar-refractivity contribution is 14.1. The van der Waals surface area contributed by atoms with Crippen LogP contribution in [0.3, 0.4) is 0 Å². The maximum atomic E-state index is 5.95. The van der Waals surface area contributed by atoms with Gasteiger partial charge >= 0.3 is 0 Å². The van der Waals surface area contributed by atoms with Crippen LogP contribution < -0.4 is 10.6 Å². The van der Waals surface area contributed by atoms with Crippen molar-refractivity contribution in [2.24, 2.45) is 0 Å². The molecule has 0 atom stereocenters. The molecule has 0 fully saturated rings. The van der Waals surface area contributed by atoms with Gasteiger partial charge in [-0.2, -0.15) is 4.98 Å². The predicted molar refractivity (Wildman–Crippen MR) is 78.7 cm³/mol. The van der Waals surface area contributed by atoms with E-state index in [0.717, 1.165) is 15.2 Å². The zero-order chi connectivity index (χ0) is 12.4. The Balaban J connectivity index is 2.39. The number of hydrogen-bond donors (Lipinski definition) is 1. The molecule has 4 nitrogen and oxygen atoms in total. The molecule has 0 unspecified atom stereocenters. The van der Waals surface area contributed by atoms with E-state index < -0.39 is 0 Å². The highest BCUT2D eigenvalue weighted by Gasteiger charge is 2.08. The van der Waals surface area contributed by atoms with E-state index >= 15 is 0 Å². The summed E-state index contributed by atoms with van der Waals surface area (Å²) in [4.78, 5) is 10.1.